The monoisotopic (exact) mass is 394 g/mol. The summed E-state index contributed by atoms with van der Waals surface area (Å²) in [5.74, 6) is 1.41. The number of benzene rings is 2. The highest BCUT2D eigenvalue weighted by Gasteiger charge is 2.15. The molecule has 4 N–H and O–H groups in total. The molecule has 3 aromatic rings. The molecule has 8 heteroatoms. The summed E-state index contributed by atoms with van der Waals surface area (Å²) in [6.07, 6.45) is 0. The van der Waals surface area contributed by atoms with Crippen molar-refractivity contribution in [1.29, 1.82) is 0 Å². The van der Waals surface area contributed by atoms with E-state index < -0.39 is 0 Å². The van der Waals surface area contributed by atoms with E-state index in [0.717, 1.165) is 16.9 Å². The summed E-state index contributed by atoms with van der Waals surface area (Å²) in [4.78, 5) is 25.1. The Balaban J connectivity index is 1.59. The van der Waals surface area contributed by atoms with Gasteiger partial charge in [-0.1, -0.05) is 30.3 Å². The molecule has 0 saturated carbocycles. The van der Waals surface area contributed by atoms with Crippen LogP contribution in [0.3, 0.4) is 0 Å². The van der Waals surface area contributed by atoms with Gasteiger partial charge in [0.25, 0.3) is 0 Å². The zero-order chi connectivity index (χ0) is 19.9. The maximum Gasteiger partial charge on any atom is 0.237 e. The van der Waals surface area contributed by atoms with E-state index in [1.807, 2.05) is 68.4 Å². The Morgan fingerprint density at radius 2 is 1.82 bits per heavy atom. The molecule has 2 aromatic carbocycles. The fourth-order valence-corrected chi connectivity index (χ4v) is 3.19. The zero-order valence-corrected chi connectivity index (χ0v) is 16.5. The summed E-state index contributed by atoms with van der Waals surface area (Å²) in [5.41, 5.74) is 8.55. The van der Waals surface area contributed by atoms with E-state index in [2.05, 4.69) is 25.6 Å². The van der Waals surface area contributed by atoms with Crippen molar-refractivity contribution in [2.45, 2.75) is 24.9 Å². The maximum absolute atomic E-state index is 12.4. The lowest BCUT2D eigenvalue weighted by molar-refractivity contribution is -0.115. The zero-order valence-electron chi connectivity index (χ0n) is 15.7. The summed E-state index contributed by atoms with van der Waals surface area (Å²) >= 11 is 1.44. The minimum atomic E-state index is -0.274. The van der Waals surface area contributed by atoms with Gasteiger partial charge < -0.3 is 16.4 Å². The molecule has 0 bridgehead atoms. The number of hydrogen-bond donors (Lipinski definition) is 3. The first-order valence-electron chi connectivity index (χ1n) is 8.81. The Morgan fingerprint density at radius 1 is 1.07 bits per heavy atom. The van der Waals surface area contributed by atoms with E-state index in [4.69, 9.17) is 5.73 Å². The van der Waals surface area contributed by atoms with E-state index in [9.17, 15) is 4.79 Å². The molecule has 144 valence electrons. The topological polar surface area (TPSA) is 106 Å². The van der Waals surface area contributed by atoms with Crippen molar-refractivity contribution in [2.75, 3.05) is 16.4 Å². The van der Waals surface area contributed by atoms with Gasteiger partial charge in [0, 0.05) is 11.4 Å². The number of aromatic nitrogens is 3. The lowest BCUT2D eigenvalue weighted by Crippen LogP contribution is -2.22. The molecule has 7 nitrogen and oxygen atoms in total. The van der Waals surface area contributed by atoms with Crippen LogP contribution in [0, 0.1) is 6.92 Å². The van der Waals surface area contributed by atoms with Crippen molar-refractivity contribution in [3.63, 3.8) is 0 Å². The van der Waals surface area contributed by atoms with Gasteiger partial charge in [0.15, 0.2) is 0 Å². The van der Waals surface area contributed by atoms with Crippen LogP contribution in [0.1, 0.15) is 18.3 Å². The van der Waals surface area contributed by atoms with Gasteiger partial charge in [0.2, 0.25) is 17.8 Å². The first-order chi connectivity index (χ1) is 13.5. The summed E-state index contributed by atoms with van der Waals surface area (Å²) < 4.78 is 0. The standard InChI is InChI=1S/C20H22N6OS/c1-13-7-6-10-16(11-13)22-18(27)14(2)28-12-17-24-19(21)26-20(25-17)23-15-8-4-3-5-9-15/h3-11,14H,12H2,1-2H3,(H,22,27)(H3,21,23,24,25,26). The number of rotatable bonds is 7. The predicted octanol–water partition coefficient (Wildman–Crippen LogP) is 3.77. The van der Waals surface area contributed by atoms with Gasteiger partial charge in [-0.15, -0.1) is 11.8 Å². The minimum absolute atomic E-state index is 0.0692. The van der Waals surface area contributed by atoms with Crippen molar-refractivity contribution < 1.29 is 4.79 Å². The number of nitrogens with zero attached hydrogens (tertiary/aromatic N) is 3. The number of carbonyl (C=O) groups is 1. The number of para-hydroxylation sites is 1. The average Bonchev–Trinajstić information content (AvgIpc) is 2.66. The van der Waals surface area contributed by atoms with Crippen molar-refractivity contribution in [3.05, 3.63) is 66.0 Å². The maximum atomic E-state index is 12.4. The van der Waals surface area contributed by atoms with Crippen LogP contribution in [0.2, 0.25) is 0 Å². The lowest BCUT2D eigenvalue weighted by Gasteiger charge is -2.12. The van der Waals surface area contributed by atoms with Crippen LogP contribution in [-0.2, 0) is 10.5 Å². The molecule has 0 saturated heterocycles. The molecule has 0 aliphatic rings. The van der Waals surface area contributed by atoms with E-state index >= 15 is 0 Å². The highest BCUT2D eigenvalue weighted by molar-refractivity contribution is 7.99. The Morgan fingerprint density at radius 3 is 2.57 bits per heavy atom. The molecule has 1 unspecified atom stereocenters. The smallest absolute Gasteiger partial charge is 0.237 e. The molecule has 1 atom stereocenters. The normalized spacial score (nSPS) is 11.6. The SMILES string of the molecule is Cc1cccc(NC(=O)C(C)SCc2nc(N)nc(Nc3ccccc3)n2)c1. The van der Waals surface area contributed by atoms with E-state index in [0.29, 0.717) is 17.5 Å². The van der Waals surface area contributed by atoms with Crippen LogP contribution in [0.25, 0.3) is 0 Å². The van der Waals surface area contributed by atoms with Crippen LogP contribution in [0.4, 0.5) is 23.3 Å². The minimum Gasteiger partial charge on any atom is -0.368 e. The van der Waals surface area contributed by atoms with Crippen LogP contribution in [-0.4, -0.2) is 26.1 Å². The first-order valence-corrected chi connectivity index (χ1v) is 9.86. The number of hydrogen-bond acceptors (Lipinski definition) is 7. The van der Waals surface area contributed by atoms with Gasteiger partial charge in [-0.2, -0.15) is 15.0 Å². The summed E-state index contributed by atoms with van der Waals surface area (Å²) in [5, 5.41) is 5.75. The number of aryl methyl sites for hydroxylation is 1. The number of nitrogen functional groups attached to an aromatic ring is 1. The molecule has 0 aliphatic heterocycles. The fraction of sp³-hybridized carbons (Fsp3) is 0.200. The van der Waals surface area contributed by atoms with Gasteiger partial charge >= 0.3 is 0 Å². The molecule has 0 fully saturated rings. The van der Waals surface area contributed by atoms with Gasteiger partial charge in [-0.05, 0) is 43.7 Å². The third-order valence-electron chi connectivity index (χ3n) is 3.85. The third kappa shape index (κ3) is 5.68. The second-order valence-corrected chi connectivity index (χ2v) is 7.57. The molecular weight excluding hydrogens is 372 g/mol. The Labute approximate surface area is 168 Å². The number of nitrogens with one attached hydrogen (secondary N) is 2. The van der Waals surface area contributed by atoms with Crippen LogP contribution >= 0.6 is 11.8 Å². The van der Waals surface area contributed by atoms with Gasteiger partial charge in [0.05, 0.1) is 11.0 Å². The highest BCUT2D eigenvalue weighted by Crippen LogP contribution is 2.20. The summed E-state index contributed by atoms with van der Waals surface area (Å²) in [6.45, 7) is 3.84. The van der Waals surface area contributed by atoms with E-state index in [1.165, 1.54) is 11.8 Å². The van der Waals surface area contributed by atoms with Crippen molar-refractivity contribution in [2.24, 2.45) is 0 Å². The van der Waals surface area contributed by atoms with Crippen molar-refractivity contribution in [1.82, 2.24) is 15.0 Å². The molecule has 3 rings (SSSR count). The third-order valence-corrected chi connectivity index (χ3v) is 4.99. The average molecular weight is 395 g/mol. The number of anilines is 4. The first kappa shape index (κ1) is 19.6. The predicted molar refractivity (Wildman–Crippen MR) is 115 cm³/mol. The van der Waals surface area contributed by atoms with Gasteiger partial charge in [-0.3, -0.25) is 4.79 Å². The number of nitrogens with two attached hydrogens (primary N) is 1. The molecule has 1 aromatic heterocycles. The molecular formula is C20H22N6OS. The molecule has 1 heterocycles. The molecule has 28 heavy (non-hydrogen) atoms. The second-order valence-electron chi connectivity index (χ2n) is 6.24. The van der Waals surface area contributed by atoms with Gasteiger partial charge in [-0.25, -0.2) is 0 Å². The van der Waals surface area contributed by atoms with Crippen LogP contribution in [0.5, 0.6) is 0 Å². The Hall–Kier alpha value is -3.13. The number of amides is 1. The fourth-order valence-electron chi connectivity index (χ4n) is 2.45. The molecule has 0 aliphatic carbocycles. The lowest BCUT2D eigenvalue weighted by atomic mass is 10.2. The van der Waals surface area contributed by atoms with Crippen molar-refractivity contribution >= 4 is 40.9 Å². The largest absolute Gasteiger partial charge is 0.368 e. The molecule has 0 spiro atoms. The highest BCUT2D eigenvalue weighted by atomic mass is 32.2. The molecule has 1 amide bonds. The quantitative estimate of drug-likeness (QED) is 0.560. The number of thioether (sulfide) groups is 1. The second kappa shape index (κ2) is 9.18. The van der Waals surface area contributed by atoms with Crippen LogP contribution < -0.4 is 16.4 Å². The number of carbonyl (C=O) groups excluding carboxylic acids is 1. The molecule has 0 radical (unpaired) electrons. The van der Waals surface area contributed by atoms with E-state index in [1.54, 1.807) is 0 Å². The summed E-state index contributed by atoms with van der Waals surface area (Å²) in [6, 6.07) is 17.3. The summed E-state index contributed by atoms with van der Waals surface area (Å²) in [7, 11) is 0. The Bertz CT molecular complexity index is 950. The van der Waals surface area contributed by atoms with Crippen LogP contribution in [0.15, 0.2) is 54.6 Å². The Kier molecular flexibility index (Phi) is 6.44. The van der Waals surface area contributed by atoms with E-state index in [-0.39, 0.29) is 17.1 Å². The van der Waals surface area contributed by atoms with Crippen molar-refractivity contribution in [3.8, 4) is 0 Å². The van der Waals surface area contributed by atoms with Gasteiger partial charge in [0.1, 0.15) is 5.82 Å².